The van der Waals surface area contributed by atoms with Crippen molar-refractivity contribution in [1.29, 1.82) is 0 Å². The summed E-state index contributed by atoms with van der Waals surface area (Å²) in [6.07, 6.45) is 1.67. The van der Waals surface area contributed by atoms with Crippen LogP contribution in [0.25, 0.3) is 0 Å². The smallest absolute Gasteiger partial charge is 0.273 e. The van der Waals surface area contributed by atoms with Crippen LogP contribution in [0.5, 0.6) is 0 Å². The molecule has 1 N–H and O–H groups in total. The Balaban J connectivity index is 2.79. The molecular formula is C12H14BrFN2O3. The number of hydrogen-bond acceptors (Lipinski definition) is 3. The van der Waals surface area contributed by atoms with Gasteiger partial charge >= 0.3 is 0 Å². The van der Waals surface area contributed by atoms with Gasteiger partial charge in [-0.05, 0) is 25.8 Å². The third-order valence-corrected chi connectivity index (χ3v) is 3.06. The van der Waals surface area contributed by atoms with Crippen LogP contribution >= 0.6 is 15.9 Å². The van der Waals surface area contributed by atoms with Gasteiger partial charge in [0.1, 0.15) is 5.82 Å². The van der Waals surface area contributed by atoms with Crippen molar-refractivity contribution in [3.63, 3.8) is 0 Å². The zero-order valence-electron chi connectivity index (χ0n) is 10.4. The molecule has 104 valence electrons. The topological polar surface area (TPSA) is 72.2 Å². The van der Waals surface area contributed by atoms with Crippen molar-refractivity contribution < 1.29 is 14.1 Å². The SMILES string of the molecule is CC(CCCBr)NC(=O)c1cc(F)cc([N+](=O)[O-])c1. The maximum atomic E-state index is 13.2. The Hall–Kier alpha value is -1.50. The summed E-state index contributed by atoms with van der Waals surface area (Å²) in [7, 11) is 0. The number of alkyl halides is 1. The standard InChI is InChI=1S/C12H14BrFN2O3/c1-8(3-2-4-13)15-12(17)9-5-10(14)7-11(6-9)16(18)19/h5-8H,2-4H2,1H3,(H,15,17). The lowest BCUT2D eigenvalue weighted by atomic mass is 10.1. The van der Waals surface area contributed by atoms with E-state index in [9.17, 15) is 19.3 Å². The van der Waals surface area contributed by atoms with E-state index in [2.05, 4.69) is 21.2 Å². The number of non-ortho nitro benzene ring substituents is 1. The zero-order valence-corrected chi connectivity index (χ0v) is 11.9. The number of nitrogens with zero attached hydrogens (tertiary/aromatic N) is 1. The van der Waals surface area contributed by atoms with Crippen molar-refractivity contribution in [2.45, 2.75) is 25.8 Å². The Bertz CT molecular complexity index is 482. The molecule has 0 spiro atoms. The summed E-state index contributed by atoms with van der Waals surface area (Å²) in [6.45, 7) is 1.83. The Labute approximate surface area is 118 Å². The first-order chi connectivity index (χ1) is 8.93. The van der Waals surface area contributed by atoms with E-state index < -0.39 is 22.3 Å². The minimum atomic E-state index is -0.799. The van der Waals surface area contributed by atoms with Crippen LogP contribution in [-0.2, 0) is 0 Å². The first-order valence-electron chi connectivity index (χ1n) is 5.76. The monoisotopic (exact) mass is 332 g/mol. The van der Waals surface area contributed by atoms with E-state index in [0.717, 1.165) is 36.4 Å². The molecule has 19 heavy (non-hydrogen) atoms. The van der Waals surface area contributed by atoms with Gasteiger partial charge < -0.3 is 5.32 Å². The molecule has 7 heteroatoms. The van der Waals surface area contributed by atoms with E-state index in [1.807, 2.05) is 6.92 Å². The van der Waals surface area contributed by atoms with Gasteiger partial charge in [-0.3, -0.25) is 14.9 Å². The molecule has 0 aliphatic heterocycles. The molecule has 0 bridgehead atoms. The maximum absolute atomic E-state index is 13.2. The molecule has 0 aliphatic carbocycles. The van der Waals surface area contributed by atoms with E-state index >= 15 is 0 Å². The summed E-state index contributed by atoms with van der Waals surface area (Å²) < 4.78 is 13.2. The lowest BCUT2D eigenvalue weighted by Crippen LogP contribution is -2.32. The number of hydrogen-bond donors (Lipinski definition) is 1. The van der Waals surface area contributed by atoms with Crippen molar-refractivity contribution in [2.24, 2.45) is 0 Å². The molecule has 1 unspecified atom stereocenters. The molecule has 1 aromatic rings. The van der Waals surface area contributed by atoms with Gasteiger partial charge in [-0.1, -0.05) is 15.9 Å². The van der Waals surface area contributed by atoms with Crippen molar-refractivity contribution in [2.75, 3.05) is 5.33 Å². The number of rotatable bonds is 6. The van der Waals surface area contributed by atoms with Gasteiger partial charge in [0.15, 0.2) is 0 Å². The first-order valence-corrected chi connectivity index (χ1v) is 6.88. The second-order valence-electron chi connectivity index (χ2n) is 4.16. The molecule has 0 saturated carbocycles. The molecule has 0 heterocycles. The van der Waals surface area contributed by atoms with E-state index in [-0.39, 0.29) is 11.6 Å². The molecule has 0 fully saturated rings. The maximum Gasteiger partial charge on any atom is 0.273 e. The lowest BCUT2D eigenvalue weighted by molar-refractivity contribution is -0.385. The first kappa shape index (κ1) is 15.6. The molecule has 1 aromatic carbocycles. The van der Waals surface area contributed by atoms with Gasteiger partial charge in [0.2, 0.25) is 0 Å². The number of carbonyl (C=O) groups is 1. The number of nitro groups is 1. The molecule has 5 nitrogen and oxygen atoms in total. The van der Waals surface area contributed by atoms with Gasteiger partial charge in [-0.2, -0.15) is 0 Å². The highest BCUT2D eigenvalue weighted by atomic mass is 79.9. The minimum absolute atomic E-state index is 0.0441. The second-order valence-corrected chi connectivity index (χ2v) is 4.95. The van der Waals surface area contributed by atoms with Crippen LogP contribution in [0.2, 0.25) is 0 Å². The highest BCUT2D eigenvalue weighted by molar-refractivity contribution is 9.09. The quantitative estimate of drug-likeness (QED) is 0.494. The Morgan fingerprint density at radius 3 is 2.79 bits per heavy atom. The summed E-state index contributed by atoms with van der Waals surface area (Å²) in [5, 5.41) is 14.1. The van der Waals surface area contributed by atoms with Crippen LogP contribution < -0.4 is 5.32 Å². The van der Waals surface area contributed by atoms with E-state index in [1.54, 1.807) is 0 Å². The van der Waals surface area contributed by atoms with Crippen LogP contribution in [0.1, 0.15) is 30.1 Å². The summed E-state index contributed by atoms with van der Waals surface area (Å²) in [6, 6.07) is 2.76. The third-order valence-electron chi connectivity index (χ3n) is 2.50. The zero-order chi connectivity index (χ0) is 14.4. The predicted molar refractivity (Wildman–Crippen MR) is 73.0 cm³/mol. The van der Waals surface area contributed by atoms with Gasteiger partial charge in [0.05, 0.1) is 11.0 Å². The summed E-state index contributed by atoms with van der Waals surface area (Å²) in [5.74, 6) is -1.31. The van der Waals surface area contributed by atoms with Crippen LogP contribution in [-0.4, -0.2) is 22.2 Å². The number of carbonyl (C=O) groups excluding carboxylic acids is 1. The number of nitro benzene ring substituents is 1. The van der Waals surface area contributed by atoms with Crippen LogP contribution in [0.4, 0.5) is 10.1 Å². The second kappa shape index (κ2) is 7.18. The molecule has 0 radical (unpaired) electrons. The molecular weight excluding hydrogens is 319 g/mol. The predicted octanol–water partition coefficient (Wildman–Crippen LogP) is 3.03. The van der Waals surface area contributed by atoms with E-state index in [4.69, 9.17) is 0 Å². The van der Waals surface area contributed by atoms with Gasteiger partial charge in [-0.15, -0.1) is 0 Å². The van der Waals surface area contributed by atoms with Gasteiger partial charge in [-0.25, -0.2) is 4.39 Å². The van der Waals surface area contributed by atoms with Crippen molar-refractivity contribution in [3.8, 4) is 0 Å². The van der Waals surface area contributed by atoms with Crippen molar-refractivity contribution in [3.05, 3.63) is 39.7 Å². The number of amides is 1. The normalized spacial score (nSPS) is 11.9. The van der Waals surface area contributed by atoms with Crippen molar-refractivity contribution >= 4 is 27.5 Å². The Morgan fingerprint density at radius 1 is 1.53 bits per heavy atom. The number of nitrogens with one attached hydrogen (secondary N) is 1. The fourth-order valence-electron chi connectivity index (χ4n) is 1.57. The molecule has 1 amide bonds. The minimum Gasteiger partial charge on any atom is -0.350 e. The number of benzene rings is 1. The molecule has 1 atom stereocenters. The fraction of sp³-hybridized carbons (Fsp3) is 0.417. The number of halogens is 2. The van der Waals surface area contributed by atoms with Crippen LogP contribution in [0.3, 0.4) is 0 Å². The molecule has 0 aromatic heterocycles. The van der Waals surface area contributed by atoms with Crippen molar-refractivity contribution in [1.82, 2.24) is 5.32 Å². The molecule has 0 aliphatic rings. The summed E-state index contributed by atoms with van der Waals surface area (Å²) in [5.41, 5.74) is -0.476. The Morgan fingerprint density at radius 2 is 2.21 bits per heavy atom. The average Bonchev–Trinajstić information content (AvgIpc) is 2.35. The van der Waals surface area contributed by atoms with Crippen LogP contribution in [0, 0.1) is 15.9 Å². The Kier molecular flexibility index (Phi) is 5.88. The summed E-state index contributed by atoms with van der Waals surface area (Å²) in [4.78, 5) is 21.7. The average molecular weight is 333 g/mol. The van der Waals surface area contributed by atoms with Gasteiger partial charge in [0.25, 0.3) is 11.6 Å². The van der Waals surface area contributed by atoms with E-state index in [1.165, 1.54) is 0 Å². The molecule has 1 rings (SSSR count). The molecule has 0 saturated heterocycles. The largest absolute Gasteiger partial charge is 0.350 e. The summed E-state index contributed by atoms with van der Waals surface area (Å²) >= 11 is 3.29. The lowest BCUT2D eigenvalue weighted by Gasteiger charge is -2.13. The highest BCUT2D eigenvalue weighted by Gasteiger charge is 2.16. The van der Waals surface area contributed by atoms with Crippen LogP contribution in [0.15, 0.2) is 18.2 Å². The fourth-order valence-corrected chi connectivity index (χ4v) is 1.90. The highest BCUT2D eigenvalue weighted by Crippen LogP contribution is 2.16. The van der Waals surface area contributed by atoms with Gasteiger partial charge in [0, 0.05) is 23.0 Å². The third kappa shape index (κ3) is 4.94. The van der Waals surface area contributed by atoms with E-state index in [0.29, 0.717) is 0 Å².